The molecule has 0 spiro atoms. The van der Waals surface area contributed by atoms with Gasteiger partial charge in [-0.3, -0.25) is 24.5 Å². The van der Waals surface area contributed by atoms with E-state index in [1.165, 1.54) is 12.1 Å². The molecule has 1 amide bonds. The maximum absolute atomic E-state index is 13.6. The van der Waals surface area contributed by atoms with Crippen LogP contribution < -0.4 is 5.32 Å². The third-order valence-corrected chi connectivity index (χ3v) is 4.74. The molecule has 3 atom stereocenters. The van der Waals surface area contributed by atoms with Crippen LogP contribution in [0.25, 0.3) is 0 Å². The highest BCUT2D eigenvalue weighted by Crippen LogP contribution is 2.36. The predicted molar refractivity (Wildman–Crippen MR) is 93.2 cm³/mol. The van der Waals surface area contributed by atoms with Crippen molar-refractivity contribution >= 4 is 34.9 Å². The molecule has 2 rings (SSSR count). The van der Waals surface area contributed by atoms with Gasteiger partial charge in [0.2, 0.25) is 6.54 Å². The van der Waals surface area contributed by atoms with Gasteiger partial charge in [0.05, 0.1) is 12.1 Å². The molecule has 1 aliphatic carbocycles. The third kappa shape index (κ3) is 5.72. The van der Waals surface area contributed by atoms with E-state index in [1.807, 2.05) is 0 Å². The molecule has 8 nitrogen and oxygen atoms in total. The summed E-state index contributed by atoms with van der Waals surface area (Å²) in [7, 11) is 0. The molecule has 0 aliphatic heterocycles. The number of benzene rings is 1. The number of nitro groups is 1. The minimum Gasteiger partial charge on any atom is -0.456 e. The summed E-state index contributed by atoms with van der Waals surface area (Å²) < 4.78 is 18.4. The van der Waals surface area contributed by atoms with E-state index in [0.29, 0.717) is 0 Å². The Morgan fingerprint density at radius 1 is 1.44 bits per heavy atom. The van der Waals surface area contributed by atoms with Gasteiger partial charge in [-0.05, 0) is 24.1 Å². The van der Waals surface area contributed by atoms with Gasteiger partial charge in [0.15, 0.2) is 6.61 Å². The standard InChI is InChI=1S/C17H18ClFN2O6/c1-9-4-15(22)11(12(9)7-21(25)26)6-17(24)27-8-16(23)20-14-3-2-10(18)5-13(14)19/h2-3,5,9,11-12H,4,6-8H2,1H3,(H,20,23)/t9-,11-,12-/m1/s1. The summed E-state index contributed by atoms with van der Waals surface area (Å²) in [6, 6.07) is 3.66. The number of hydrogen-bond acceptors (Lipinski definition) is 6. The summed E-state index contributed by atoms with van der Waals surface area (Å²) >= 11 is 5.61. The van der Waals surface area contributed by atoms with Crippen molar-refractivity contribution in [2.75, 3.05) is 18.5 Å². The smallest absolute Gasteiger partial charge is 0.307 e. The van der Waals surface area contributed by atoms with Crippen LogP contribution in [0.2, 0.25) is 5.02 Å². The number of nitrogens with zero attached hydrogens (tertiary/aromatic N) is 1. The van der Waals surface area contributed by atoms with Crippen LogP contribution in [0.15, 0.2) is 18.2 Å². The second kappa shape index (κ2) is 8.90. The van der Waals surface area contributed by atoms with Crippen LogP contribution in [-0.4, -0.2) is 35.7 Å². The van der Waals surface area contributed by atoms with Crippen LogP contribution in [0.5, 0.6) is 0 Å². The molecule has 0 radical (unpaired) electrons. The van der Waals surface area contributed by atoms with E-state index >= 15 is 0 Å². The molecule has 10 heteroatoms. The van der Waals surface area contributed by atoms with Crippen molar-refractivity contribution in [3.05, 3.63) is 39.2 Å². The zero-order chi connectivity index (χ0) is 20.1. The molecule has 1 N–H and O–H groups in total. The van der Waals surface area contributed by atoms with E-state index in [4.69, 9.17) is 16.3 Å². The first kappa shape index (κ1) is 20.8. The Labute approximate surface area is 159 Å². The maximum atomic E-state index is 13.6. The molecule has 1 fully saturated rings. The van der Waals surface area contributed by atoms with Gasteiger partial charge in [0.25, 0.3) is 5.91 Å². The van der Waals surface area contributed by atoms with Gasteiger partial charge in [0.1, 0.15) is 11.6 Å². The summed E-state index contributed by atoms with van der Waals surface area (Å²) in [4.78, 5) is 46.0. The number of carbonyl (C=O) groups is 3. The van der Waals surface area contributed by atoms with Crippen LogP contribution in [0, 0.1) is 33.7 Å². The number of ketones is 1. The first-order chi connectivity index (χ1) is 12.7. The monoisotopic (exact) mass is 400 g/mol. The van der Waals surface area contributed by atoms with Crippen molar-refractivity contribution in [2.45, 2.75) is 19.8 Å². The Hall–Kier alpha value is -2.55. The van der Waals surface area contributed by atoms with Crippen LogP contribution in [0.1, 0.15) is 19.8 Å². The zero-order valence-electron chi connectivity index (χ0n) is 14.4. The van der Waals surface area contributed by atoms with Crippen molar-refractivity contribution in [2.24, 2.45) is 17.8 Å². The molecular weight excluding hydrogens is 383 g/mol. The Morgan fingerprint density at radius 3 is 2.78 bits per heavy atom. The molecule has 1 aromatic carbocycles. The van der Waals surface area contributed by atoms with Crippen LogP contribution in [-0.2, 0) is 19.1 Å². The number of Topliss-reactive ketones (excluding diaryl/α,β-unsaturated/α-hetero) is 1. The van der Waals surface area contributed by atoms with Gasteiger partial charge in [-0.2, -0.15) is 0 Å². The lowest BCUT2D eigenvalue weighted by atomic mass is 9.88. The second-order valence-electron chi connectivity index (χ2n) is 6.47. The van der Waals surface area contributed by atoms with Crippen molar-refractivity contribution in [1.29, 1.82) is 0 Å². The summed E-state index contributed by atoms with van der Waals surface area (Å²) in [6.45, 7) is 0.657. The number of amides is 1. The van der Waals surface area contributed by atoms with E-state index in [0.717, 1.165) is 6.07 Å². The summed E-state index contributed by atoms with van der Waals surface area (Å²) in [5.41, 5.74) is -0.119. The fraction of sp³-hybridized carbons (Fsp3) is 0.471. The van der Waals surface area contributed by atoms with Crippen molar-refractivity contribution < 1.29 is 28.4 Å². The lowest BCUT2D eigenvalue weighted by molar-refractivity contribution is -0.490. The third-order valence-electron chi connectivity index (χ3n) is 4.50. The summed E-state index contributed by atoms with van der Waals surface area (Å²) in [5.74, 6) is -4.09. The van der Waals surface area contributed by atoms with Gasteiger partial charge < -0.3 is 10.1 Å². The van der Waals surface area contributed by atoms with Gasteiger partial charge in [-0.25, -0.2) is 4.39 Å². The van der Waals surface area contributed by atoms with Crippen LogP contribution >= 0.6 is 11.6 Å². The Morgan fingerprint density at radius 2 is 2.15 bits per heavy atom. The fourth-order valence-corrected chi connectivity index (χ4v) is 3.32. The van der Waals surface area contributed by atoms with E-state index in [-0.39, 0.29) is 35.3 Å². The molecule has 0 heterocycles. The van der Waals surface area contributed by atoms with Gasteiger partial charge in [0, 0.05) is 28.2 Å². The number of esters is 1. The Kier molecular flexibility index (Phi) is 6.84. The van der Waals surface area contributed by atoms with Crippen LogP contribution in [0.4, 0.5) is 10.1 Å². The highest BCUT2D eigenvalue weighted by atomic mass is 35.5. The number of nitrogens with one attached hydrogen (secondary N) is 1. The zero-order valence-corrected chi connectivity index (χ0v) is 15.2. The topological polar surface area (TPSA) is 116 Å². The Balaban J connectivity index is 1.86. The van der Waals surface area contributed by atoms with E-state index in [1.54, 1.807) is 6.92 Å². The molecule has 1 saturated carbocycles. The molecule has 0 unspecified atom stereocenters. The van der Waals surface area contributed by atoms with Gasteiger partial charge >= 0.3 is 5.97 Å². The average Bonchev–Trinajstić information content (AvgIpc) is 2.82. The molecule has 0 saturated heterocycles. The highest BCUT2D eigenvalue weighted by Gasteiger charge is 2.44. The van der Waals surface area contributed by atoms with E-state index in [2.05, 4.69) is 5.32 Å². The first-order valence-electron chi connectivity index (χ1n) is 8.22. The minimum atomic E-state index is -0.817. The molecule has 1 aliphatic rings. The number of anilines is 1. The van der Waals surface area contributed by atoms with Gasteiger partial charge in [-0.15, -0.1) is 0 Å². The second-order valence-corrected chi connectivity index (χ2v) is 6.91. The lowest BCUT2D eigenvalue weighted by Gasteiger charge is -2.17. The van der Waals surface area contributed by atoms with Gasteiger partial charge in [-0.1, -0.05) is 18.5 Å². The largest absolute Gasteiger partial charge is 0.456 e. The van der Waals surface area contributed by atoms with E-state index in [9.17, 15) is 28.9 Å². The first-order valence-corrected chi connectivity index (χ1v) is 8.60. The normalized spacial score (nSPS) is 21.7. The Bertz CT molecular complexity index is 772. The SMILES string of the molecule is C[C@@H]1CC(=O)[C@H](CC(=O)OCC(=O)Nc2ccc(Cl)cc2F)[C@@H]1C[N+](=O)[O-]. The predicted octanol–water partition coefficient (Wildman–Crippen LogP) is 2.47. The van der Waals surface area contributed by atoms with E-state index < -0.39 is 47.6 Å². The number of rotatable bonds is 7. The lowest BCUT2D eigenvalue weighted by Crippen LogP contribution is -2.28. The molecule has 0 aromatic heterocycles. The summed E-state index contributed by atoms with van der Waals surface area (Å²) in [5, 5.41) is 13.2. The van der Waals surface area contributed by atoms with Crippen LogP contribution in [0.3, 0.4) is 0 Å². The molecule has 146 valence electrons. The number of ether oxygens (including phenoxy) is 1. The number of halogens is 2. The molecule has 0 bridgehead atoms. The average molecular weight is 401 g/mol. The molecular formula is C17H18ClFN2O6. The highest BCUT2D eigenvalue weighted by molar-refractivity contribution is 6.30. The minimum absolute atomic E-state index is 0.119. The molecule has 27 heavy (non-hydrogen) atoms. The summed E-state index contributed by atoms with van der Waals surface area (Å²) in [6.07, 6.45) is -0.156. The quantitative estimate of drug-likeness (QED) is 0.427. The number of carbonyl (C=O) groups excluding carboxylic acids is 3. The van der Waals surface area contributed by atoms with Crippen molar-refractivity contribution in [3.63, 3.8) is 0 Å². The fourth-order valence-electron chi connectivity index (χ4n) is 3.16. The van der Waals surface area contributed by atoms with Crippen molar-refractivity contribution in [1.82, 2.24) is 0 Å². The number of hydrogen-bond donors (Lipinski definition) is 1. The van der Waals surface area contributed by atoms with Crippen molar-refractivity contribution in [3.8, 4) is 0 Å². The molecule has 1 aromatic rings. The maximum Gasteiger partial charge on any atom is 0.307 e.